The van der Waals surface area contributed by atoms with Gasteiger partial charge in [-0.05, 0) is 68.1 Å². The molecule has 0 aliphatic carbocycles. The number of aromatic amines is 1. The van der Waals surface area contributed by atoms with Gasteiger partial charge in [0.15, 0.2) is 0 Å². The number of carboxylic acids is 2. The fourth-order valence-corrected chi connectivity index (χ4v) is 7.37. The zero-order valence-electron chi connectivity index (χ0n) is 39.8. The maximum absolute atomic E-state index is 14.2. The van der Waals surface area contributed by atoms with Crippen molar-refractivity contribution in [3.8, 4) is 0 Å². The summed E-state index contributed by atoms with van der Waals surface area (Å²) in [6, 6.07) is -2.73. The molecule has 0 aliphatic rings. The van der Waals surface area contributed by atoms with E-state index in [-0.39, 0.29) is 38.1 Å². The van der Waals surface area contributed by atoms with E-state index in [1.54, 1.807) is 58.0 Å². The van der Waals surface area contributed by atoms with E-state index in [9.17, 15) is 58.5 Å². The minimum Gasteiger partial charge on any atom is -0.481 e. The third-order valence-electron chi connectivity index (χ3n) is 11.0. The van der Waals surface area contributed by atoms with Gasteiger partial charge in [-0.15, -0.1) is 0 Å². The predicted octanol–water partition coefficient (Wildman–Crippen LogP) is -1.56. The molecule has 1 aromatic heterocycles. The third kappa shape index (κ3) is 21.4. The van der Waals surface area contributed by atoms with E-state index in [1.165, 1.54) is 24.3 Å². The average molecular weight is 990 g/mol. The number of hydrogen-bond acceptors (Lipinski definition) is 14. The molecular weight excluding hydrogens is 919 g/mol. The third-order valence-corrected chi connectivity index (χ3v) is 11.7. The standard InChI is InChI=1S/C45H71N11O12S/c1-6-26(4)37(56-39(61)30(14-10-11-16-46)50-43(65)35(23-57)55-38(60)29(47)15-17-69-5)44(66)53-33(21-36(58)59)42(64)51-31(19-27-12-8-7-9-13-27)40(62)52-32(20-28-22-48-24-49-28)41(63)54-34(45(67)68)18-25(2)3/h7-9,12-13,22,24-26,29-35,37,57H,6,10-11,14-21,23,46-47H2,1-5H3,(H,48,49)(H,50,65)(H,51,64)(H,52,62)(H,53,66)(H,54,63)(H,55,60)(H,56,61)(H,58,59)(H,67,68)/t26-,29-,30-,31-,32-,33-,34-,35-,37-/m0/s1. The topological polar surface area (TPSA) is 379 Å². The molecule has 0 unspecified atom stereocenters. The van der Waals surface area contributed by atoms with Crippen LogP contribution in [0.4, 0.5) is 0 Å². The van der Waals surface area contributed by atoms with E-state index in [1.807, 2.05) is 6.26 Å². The molecule has 23 nitrogen and oxygen atoms in total. The van der Waals surface area contributed by atoms with Crippen LogP contribution in [0.1, 0.15) is 83.9 Å². The van der Waals surface area contributed by atoms with E-state index in [0.717, 1.165) is 0 Å². The molecule has 0 saturated carbocycles. The number of carbonyl (C=O) groups excluding carboxylic acids is 7. The lowest BCUT2D eigenvalue weighted by Gasteiger charge is -2.29. The fraction of sp³-hybridized carbons (Fsp3) is 0.600. The van der Waals surface area contributed by atoms with Gasteiger partial charge in [-0.3, -0.25) is 38.4 Å². The van der Waals surface area contributed by atoms with Crippen molar-refractivity contribution in [2.24, 2.45) is 23.3 Å². The van der Waals surface area contributed by atoms with Gasteiger partial charge >= 0.3 is 11.9 Å². The molecule has 0 saturated heterocycles. The number of imidazole rings is 1. The first-order chi connectivity index (χ1) is 32.7. The zero-order chi connectivity index (χ0) is 51.6. The van der Waals surface area contributed by atoms with E-state index in [4.69, 9.17) is 11.5 Å². The van der Waals surface area contributed by atoms with Crippen molar-refractivity contribution in [2.75, 3.05) is 25.2 Å². The smallest absolute Gasteiger partial charge is 0.326 e. The minimum atomic E-state index is -1.82. The van der Waals surface area contributed by atoms with Crippen LogP contribution in [0.2, 0.25) is 0 Å². The second kappa shape index (κ2) is 31.1. The second-order valence-corrected chi connectivity index (χ2v) is 18.1. The van der Waals surface area contributed by atoms with Crippen molar-refractivity contribution in [1.82, 2.24) is 47.2 Å². The van der Waals surface area contributed by atoms with Crippen molar-refractivity contribution in [3.63, 3.8) is 0 Å². The SMILES string of the molecule is CC[C@H](C)[C@H](NC(=O)[C@H](CCCCN)NC(=O)[C@H](CO)NC(=O)[C@@H](N)CCSC)C(=O)N[C@@H](CC(=O)O)C(=O)N[C@@H](Cc1ccccc1)C(=O)N[C@@H](Cc1cnc[nH]1)C(=O)N[C@@H](CC(C)C)C(=O)O. The highest BCUT2D eigenvalue weighted by Gasteiger charge is 2.36. The maximum Gasteiger partial charge on any atom is 0.326 e. The Labute approximate surface area is 406 Å². The number of hydrogen-bond donors (Lipinski definition) is 13. The Morgan fingerprint density at radius 1 is 0.696 bits per heavy atom. The number of nitrogens with two attached hydrogens (primary N) is 2. The summed E-state index contributed by atoms with van der Waals surface area (Å²) in [5.41, 5.74) is 12.6. The highest BCUT2D eigenvalue weighted by atomic mass is 32.2. The van der Waals surface area contributed by atoms with Gasteiger partial charge in [0.05, 0.1) is 25.4 Å². The maximum atomic E-state index is 14.2. The number of aromatic nitrogens is 2. The van der Waals surface area contributed by atoms with Crippen LogP contribution in [-0.4, -0.2) is 152 Å². The Bertz CT molecular complexity index is 1980. The lowest BCUT2D eigenvalue weighted by molar-refractivity contribution is -0.142. The molecule has 0 fully saturated rings. The van der Waals surface area contributed by atoms with Gasteiger partial charge < -0.3 is 69.0 Å². The van der Waals surface area contributed by atoms with E-state index >= 15 is 0 Å². The molecule has 0 spiro atoms. The summed E-state index contributed by atoms with van der Waals surface area (Å²) in [4.78, 5) is 127. The molecule has 2 rings (SSSR count). The van der Waals surface area contributed by atoms with E-state index in [2.05, 4.69) is 47.2 Å². The van der Waals surface area contributed by atoms with Crippen LogP contribution < -0.4 is 48.7 Å². The average Bonchev–Trinajstić information content (AvgIpc) is 3.83. The summed E-state index contributed by atoms with van der Waals surface area (Å²) in [7, 11) is 0. The van der Waals surface area contributed by atoms with Crippen molar-refractivity contribution in [3.05, 3.63) is 54.1 Å². The second-order valence-electron chi connectivity index (χ2n) is 17.1. The molecule has 384 valence electrons. The first-order valence-electron chi connectivity index (χ1n) is 22.9. The van der Waals surface area contributed by atoms with E-state index < -0.39 is 121 Å². The summed E-state index contributed by atoms with van der Waals surface area (Å²) >= 11 is 1.47. The van der Waals surface area contributed by atoms with Gasteiger partial charge in [0.25, 0.3) is 0 Å². The number of H-pyrrole nitrogens is 1. The molecule has 1 aromatic carbocycles. The molecule has 9 atom stereocenters. The number of nitrogens with zero attached hydrogens (tertiary/aromatic N) is 1. The van der Waals surface area contributed by atoms with Gasteiger partial charge in [0.1, 0.15) is 42.3 Å². The first-order valence-corrected chi connectivity index (χ1v) is 24.3. The van der Waals surface area contributed by atoms with Gasteiger partial charge in [0.2, 0.25) is 41.4 Å². The summed E-state index contributed by atoms with van der Waals surface area (Å²) < 4.78 is 0. The lowest BCUT2D eigenvalue weighted by Crippen LogP contribution is -2.61. The van der Waals surface area contributed by atoms with Crippen LogP contribution in [0.3, 0.4) is 0 Å². The molecule has 69 heavy (non-hydrogen) atoms. The number of rotatable bonds is 33. The first kappa shape index (κ1) is 59.0. The molecule has 1 heterocycles. The molecule has 2 aromatic rings. The molecule has 7 amide bonds. The van der Waals surface area contributed by atoms with Gasteiger partial charge in [-0.1, -0.05) is 64.4 Å². The Balaban J connectivity index is 2.43. The predicted molar refractivity (Wildman–Crippen MR) is 256 cm³/mol. The number of carbonyl (C=O) groups is 9. The summed E-state index contributed by atoms with van der Waals surface area (Å²) in [5, 5.41) is 47.3. The summed E-state index contributed by atoms with van der Waals surface area (Å²) in [6.45, 7) is 6.33. The minimum absolute atomic E-state index is 0.0281. The molecule has 0 aliphatic heterocycles. The van der Waals surface area contributed by atoms with Crippen molar-refractivity contribution < 1.29 is 58.5 Å². The van der Waals surface area contributed by atoms with Crippen LogP contribution in [0.25, 0.3) is 0 Å². The summed E-state index contributed by atoms with van der Waals surface area (Å²) in [6.07, 6.45) is 4.80. The van der Waals surface area contributed by atoms with Crippen LogP contribution in [0, 0.1) is 11.8 Å². The number of benzene rings is 1. The van der Waals surface area contributed by atoms with Crippen LogP contribution in [0.5, 0.6) is 0 Å². The number of unbranched alkanes of at least 4 members (excludes halogenated alkanes) is 1. The zero-order valence-corrected chi connectivity index (χ0v) is 40.6. The monoisotopic (exact) mass is 990 g/mol. The number of amides is 7. The number of aliphatic hydroxyl groups excluding tert-OH is 1. The number of nitrogens with one attached hydrogen (secondary N) is 8. The largest absolute Gasteiger partial charge is 0.481 e. The molecule has 0 bridgehead atoms. The normalized spacial score (nSPS) is 15.1. The van der Waals surface area contributed by atoms with Crippen LogP contribution >= 0.6 is 11.8 Å². The number of aliphatic carboxylic acids is 2. The van der Waals surface area contributed by atoms with Crippen LogP contribution in [0.15, 0.2) is 42.9 Å². The van der Waals surface area contributed by atoms with Crippen LogP contribution in [-0.2, 0) is 56.0 Å². The molecule has 15 N–H and O–H groups in total. The van der Waals surface area contributed by atoms with Gasteiger partial charge in [-0.25, -0.2) is 9.78 Å². The Morgan fingerprint density at radius 3 is 1.78 bits per heavy atom. The van der Waals surface area contributed by atoms with Crippen molar-refractivity contribution >= 4 is 65.1 Å². The van der Waals surface area contributed by atoms with Crippen molar-refractivity contribution in [1.29, 1.82) is 0 Å². The Hall–Kier alpha value is -6.11. The van der Waals surface area contributed by atoms with Gasteiger partial charge in [-0.2, -0.15) is 11.8 Å². The van der Waals surface area contributed by atoms with E-state index in [0.29, 0.717) is 42.7 Å². The van der Waals surface area contributed by atoms with Crippen molar-refractivity contribution in [2.45, 2.75) is 134 Å². The Morgan fingerprint density at radius 2 is 1.25 bits per heavy atom. The summed E-state index contributed by atoms with van der Waals surface area (Å²) in [5.74, 6) is -9.23. The number of thioether (sulfide) groups is 1. The number of carboxylic acid groups (broad SMARTS) is 2. The lowest BCUT2D eigenvalue weighted by atomic mass is 9.96. The number of aliphatic hydroxyl groups is 1. The Kier molecular flexibility index (Phi) is 26.6. The molecule has 24 heteroatoms. The highest BCUT2D eigenvalue weighted by molar-refractivity contribution is 7.98. The quantitative estimate of drug-likeness (QED) is 0.0360. The highest BCUT2D eigenvalue weighted by Crippen LogP contribution is 2.13. The molecule has 0 radical (unpaired) electrons. The molecular formula is C45H71N11O12S. The van der Waals surface area contributed by atoms with Gasteiger partial charge in [0, 0.05) is 24.7 Å². The fourth-order valence-electron chi connectivity index (χ4n) is 6.88.